The van der Waals surface area contributed by atoms with Gasteiger partial charge in [-0.2, -0.15) is 0 Å². The zero-order chi connectivity index (χ0) is 54.3. The standard InChI is InChI=1S/C69H106O6/c1-4-7-10-13-16-19-22-25-28-31-34-37-40-43-46-49-52-55-58-61-67(70)73-64-66(75-69(72)63-60-57-54-51-48-45-42-39-36-33-30-27-24-21-18-15-12-9-6-3)65-74-68(71)62-59-56-53-50-47-44-41-38-35-32-29-26-23-20-17-14-11-8-5-2/h16-21,25-30,34-39,43-48,52,54-55,57,66H,4-15,22-24,31-33,40-42,49-51,53,56,58-65H2,1-3H3/b19-16-,20-17-,21-18-,28-25-,29-26-,30-27-,37-34-,38-35-,39-36-,46-43-,47-44-,48-45-,55-52-,57-54-/t66-/m1/s1. The molecule has 1 atom stereocenters. The number of allylic oxidation sites excluding steroid dienone is 28. The van der Waals surface area contributed by atoms with Gasteiger partial charge in [-0.25, -0.2) is 0 Å². The number of carbonyl (C=O) groups excluding carboxylic acids is 3. The summed E-state index contributed by atoms with van der Waals surface area (Å²) < 4.78 is 16.7. The van der Waals surface area contributed by atoms with E-state index in [9.17, 15) is 14.4 Å². The summed E-state index contributed by atoms with van der Waals surface area (Å²) in [5, 5.41) is 0. The second-order valence-corrected chi connectivity index (χ2v) is 18.8. The van der Waals surface area contributed by atoms with Crippen molar-refractivity contribution in [3.63, 3.8) is 0 Å². The van der Waals surface area contributed by atoms with Crippen molar-refractivity contribution in [3.05, 3.63) is 170 Å². The van der Waals surface area contributed by atoms with E-state index in [1.807, 2.05) is 24.3 Å². The number of unbranched alkanes of at least 4 members (excludes halogenated alkanes) is 12. The first-order valence-corrected chi connectivity index (χ1v) is 29.6. The van der Waals surface area contributed by atoms with Gasteiger partial charge in [0.2, 0.25) is 0 Å². The van der Waals surface area contributed by atoms with E-state index in [-0.39, 0.29) is 38.4 Å². The van der Waals surface area contributed by atoms with Gasteiger partial charge in [-0.15, -0.1) is 0 Å². The maximum Gasteiger partial charge on any atom is 0.306 e. The first kappa shape index (κ1) is 69.8. The molecule has 0 fully saturated rings. The predicted octanol–water partition coefficient (Wildman–Crippen LogP) is 20.3. The van der Waals surface area contributed by atoms with Crippen molar-refractivity contribution in [1.29, 1.82) is 0 Å². The van der Waals surface area contributed by atoms with Crippen LogP contribution in [0.4, 0.5) is 0 Å². The maximum absolute atomic E-state index is 12.8. The molecular formula is C69H106O6. The summed E-state index contributed by atoms with van der Waals surface area (Å²) in [5.41, 5.74) is 0. The predicted molar refractivity (Wildman–Crippen MR) is 325 cm³/mol. The molecule has 0 amide bonds. The van der Waals surface area contributed by atoms with Gasteiger partial charge >= 0.3 is 17.9 Å². The van der Waals surface area contributed by atoms with Crippen LogP contribution in [-0.4, -0.2) is 37.2 Å². The first-order chi connectivity index (χ1) is 37.0. The normalized spacial score (nSPS) is 13.4. The van der Waals surface area contributed by atoms with Crippen LogP contribution in [0.2, 0.25) is 0 Å². The Morgan fingerprint density at radius 2 is 0.507 bits per heavy atom. The molecule has 0 saturated heterocycles. The minimum Gasteiger partial charge on any atom is -0.462 e. The Bertz CT molecular complexity index is 1750. The van der Waals surface area contributed by atoms with Gasteiger partial charge in [0, 0.05) is 19.3 Å². The summed E-state index contributed by atoms with van der Waals surface area (Å²) in [6.45, 7) is 6.38. The van der Waals surface area contributed by atoms with Gasteiger partial charge in [-0.05, 0) is 141 Å². The van der Waals surface area contributed by atoms with Crippen LogP contribution < -0.4 is 0 Å². The van der Waals surface area contributed by atoms with Crippen LogP contribution in [0.25, 0.3) is 0 Å². The number of carbonyl (C=O) groups is 3. The van der Waals surface area contributed by atoms with Crippen molar-refractivity contribution in [1.82, 2.24) is 0 Å². The second kappa shape index (κ2) is 61.3. The summed E-state index contributed by atoms with van der Waals surface area (Å²) in [5.74, 6) is -1.16. The smallest absolute Gasteiger partial charge is 0.306 e. The molecule has 0 aliphatic rings. The lowest BCUT2D eigenvalue weighted by Gasteiger charge is -2.18. The van der Waals surface area contributed by atoms with Crippen molar-refractivity contribution in [3.8, 4) is 0 Å². The van der Waals surface area contributed by atoms with Crippen molar-refractivity contribution in [2.45, 2.75) is 232 Å². The minimum atomic E-state index is -0.872. The molecule has 0 unspecified atom stereocenters. The largest absolute Gasteiger partial charge is 0.462 e. The summed E-state index contributed by atoms with van der Waals surface area (Å²) >= 11 is 0. The Morgan fingerprint density at radius 1 is 0.267 bits per heavy atom. The third-order valence-electron chi connectivity index (χ3n) is 11.7. The lowest BCUT2D eigenvalue weighted by molar-refractivity contribution is -0.166. The van der Waals surface area contributed by atoms with E-state index in [4.69, 9.17) is 14.2 Å². The molecule has 0 saturated carbocycles. The Hall–Kier alpha value is -5.23. The van der Waals surface area contributed by atoms with Crippen LogP contribution >= 0.6 is 0 Å². The van der Waals surface area contributed by atoms with E-state index in [0.717, 1.165) is 96.3 Å². The highest BCUT2D eigenvalue weighted by molar-refractivity contribution is 5.71. The quantitative estimate of drug-likeness (QED) is 0.0261. The average molecular weight is 1030 g/mol. The van der Waals surface area contributed by atoms with Gasteiger partial charge in [-0.3, -0.25) is 14.4 Å². The molecule has 418 valence electrons. The molecule has 0 aromatic heterocycles. The molecule has 0 rings (SSSR count). The van der Waals surface area contributed by atoms with Crippen LogP contribution in [0.3, 0.4) is 0 Å². The van der Waals surface area contributed by atoms with Crippen molar-refractivity contribution < 1.29 is 28.6 Å². The molecule has 6 nitrogen and oxygen atoms in total. The monoisotopic (exact) mass is 1030 g/mol. The van der Waals surface area contributed by atoms with E-state index in [2.05, 4.69) is 167 Å². The van der Waals surface area contributed by atoms with Crippen LogP contribution in [0.15, 0.2) is 170 Å². The van der Waals surface area contributed by atoms with E-state index in [1.165, 1.54) is 77.0 Å². The van der Waals surface area contributed by atoms with Crippen LogP contribution in [0.5, 0.6) is 0 Å². The molecule has 0 spiro atoms. The highest BCUT2D eigenvalue weighted by atomic mass is 16.6. The molecule has 0 radical (unpaired) electrons. The number of esters is 3. The Balaban J connectivity index is 4.71. The number of rotatable bonds is 51. The zero-order valence-corrected chi connectivity index (χ0v) is 47.7. The molecule has 0 aromatic carbocycles. The van der Waals surface area contributed by atoms with Crippen molar-refractivity contribution in [2.75, 3.05) is 13.2 Å². The van der Waals surface area contributed by atoms with Gasteiger partial charge in [0.25, 0.3) is 0 Å². The molecular weight excluding hydrogens is 925 g/mol. The summed E-state index contributed by atoms with van der Waals surface area (Å²) in [7, 11) is 0. The molecule has 0 bridgehead atoms. The van der Waals surface area contributed by atoms with E-state index >= 15 is 0 Å². The highest BCUT2D eigenvalue weighted by Crippen LogP contribution is 2.10. The lowest BCUT2D eigenvalue weighted by atomic mass is 10.1. The SMILES string of the molecule is CCCCC/C=C\C/C=C\C/C=C\C/C=C\C/C=C\CCC(=O)OC[C@H](COC(=O)CCCCC/C=C\C/C=C\C/C=C\C/C=C\CCCCC)OC(=O)CC/C=C\C/C=C\C/C=C\C/C=C\C/C=C\CCCCC. The van der Waals surface area contributed by atoms with Gasteiger partial charge < -0.3 is 14.2 Å². The van der Waals surface area contributed by atoms with Gasteiger partial charge in [0.1, 0.15) is 13.2 Å². The van der Waals surface area contributed by atoms with Gasteiger partial charge in [0.15, 0.2) is 6.10 Å². The van der Waals surface area contributed by atoms with Crippen LogP contribution in [0.1, 0.15) is 226 Å². The number of ether oxygens (including phenoxy) is 3. The van der Waals surface area contributed by atoms with Crippen molar-refractivity contribution >= 4 is 17.9 Å². The van der Waals surface area contributed by atoms with E-state index in [0.29, 0.717) is 12.8 Å². The molecule has 0 aliphatic carbocycles. The fourth-order valence-corrected chi connectivity index (χ4v) is 7.21. The summed E-state index contributed by atoms with van der Waals surface area (Å²) in [4.78, 5) is 38.2. The second-order valence-electron chi connectivity index (χ2n) is 18.8. The molecule has 0 heterocycles. The first-order valence-electron chi connectivity index (χ1n) is 29.6. The van der Waals surface area contributed by atoms with Crippen molar-refractivity contribution in [2.24, 2.45) is 0 Å². The third-order valence-corrected chi connectivity index (χ3v) is 11.7. The van der Waals surface area contributed by atoms with E-state index < -0.39 is 18.0 Å². The third kappa shape index (κ3) is 59.5. The fraction of sp³-hybridized carbons (Fsp3) is 0.551. The topological polar surface area (TPSA) is 78.9 Å². The Labute approximate surface area is 460 Å². The van der Waals surface area contributed by atoms with Gasteiger partial charge in [-0.1, -0.05) is 236 Å². The van der Waals surface area contributed by atoms with Gasteiger partial charge in [0.05, 0.1) is 0 Å². The lowest BCUT2D eigenvalue weighted by Crippen LogP contribution is -2.30. The summed E-state index contributed by atoms with van der Waals surface area (Å²) in [6.07, 6.45) is 90.8. The van der Waals surface area contributed by atoms with Crippen LogP contribution in [0, 0.1) is 0 Å². The van der Waals surface area contributed by atoms with E-state index in [1.54, 1.807) is 0 Å². The Kier molecular flexibility index (Phi) is 57.0. The fourth-order valence-electron chi connectivity index (χ4n) is 7.21. The van der Waals surface area contributed by atoms with Crippen LogP contribution in [-0.2, 0) is 28.6 Å². The highest BCUT2D eigenvalue weighted by Gasteiger charge is 2.19. The number of hydrogen-bond acceptors (Lipinski definition) is 6. The average Bonchev–Trinajstić information content (AvgIpc) is 3.41. The molecule has 0 N–H and O–H groups in total. The molecule has 0 aromatic rings. The minimum absolute atomic E-state index is 0.156. The molecule has 75 heavy (non-hydrogen) atoms. The Morgan fingerprint density at radius 3 is 0.800 bits per heavy atom. The zero-order valence-electron chi connectivity index (χ0n) is 47.7. The summed E-state index contributed by atoms with van der Waals surface area (Å²) in [6, 6.07) is 0. The molecule has 6 heteroatoms. The maximum atomic E-state index is 12.8. The molecule has 0 aliphatic heterocycles. The number of hydrogen-bond donors (Lipinski definition) is 0.